The van der Waals surface area contributed by atoms with Crippen molar-refractivity contribution in [2.75, 3.05) is 0 Å². The van der Waals surface area contributed by atoms with Gasteiger partial charge in [-0.05, 0) is 50.2 Å². The lowest BCUT2D eigenvalue weighted by Gasteiger charge is -2.41. The standard InChI is InChI=1S/C19H28O3.C3H8/c1-5-12(2)19-14(4)22-18-11-15(21)9-10-16(18)17(19)8-6-7-13(3)20;1-3-2/h9-12,14,17,19,21H,5-8H2,1-4H3;3H2,1-2H3/t12?,14-,17?,19?;/m1./s1. The van der Waals surface area contributed by atoms with Crippen LogP contribution in [-0.2, 0) is 4.79 Å². The van der Waals surface area contributed by atoms with Crippen molar-refractivity contribution in [3.05, 3.63) is 23.8 Å². The van der Waals surface area contributed by atoms with Gasteiger partial charge in [-0.25, -0.2) is 0 Å². The molecule has 3 heteroatoms. The average molecular weight is 349 g/mol. The summed E-state index contributed by atoms with van der Waals surface area (Å²) in [6.07, 6.45) is 5.06. The van der Waals surface area contributed by atoms with Gasteiger partial charge in [0.2, 0.25) is 0 Å². The van der Waals surface area contributed by atoms with E-state index < -0.39 is 0 Å². The van der Waals surface area contributed by atoms with Crippen LogP contribution in [0, 0.1) is 11.8 Å². The third-order valence-electron chi connectivity index (χ3n) is 5.06. The Morgan fingerprint density at radius 2 is 1.92 bits per heavy atom. The number of carbonyl (C=O) groups excluding carboxylic acids is 1. The Labute approximate surface area is 153 Å². The van der Waals surface area contributed by atoms with E-state index in [0.717, 1.165) is 25.0 Å². The van der Waals surface area contributed by atoms with Gasteiger partial charge in [0.15, 0.2) is 0 Å². The van der Waals surface area contributed by atoms with Crippen LogP contribution in [0.5, 0.6) is 11.5 Å². The quantitative estimate of drug-likeness (QED) is 0.676. The zero-order valence-corrected chi connectivity index (χ0v) is 16.8. The summed E-state index contributed by atoms with van der Waals surface area (Å²) >= 11 is 0. The van der Waals surface area contributed by atoms with Crippen LogP contribution in [0.15, 0.2) is 18.2 Å². The minimum atomic E-state index is 0.131. The highest BCUT2D eigenvalue weighted by Gasteiger charge is 2.38. The van der Waals surface area contributed by atoms with E-state index in [1.54, 1.807) is 19.1 Å². The lowest BCUT2D eigenvalue weighted by molar-refractivity contribution is -0.117. The van der Waals surface area contributed by atoms with Crippen LogP contribution in [0.1, 0.15) is 85.1 Å². The van der Waals surface area contributed by atoms with Crippen molar-refractivity contribution in [1.82, 2.24) is 0 Å². The molecule has 142 valence electrons. The van der Waals surface area contributed by atoms with Crippen molar-refractivity contribution in [3.8, 4) is 11.5 Å². The average Bonchev–Trinajstić information content (AvgIpc) is 2.54. The zero-order valence-electron chi connectivity index (χ0n) is 16.8. The highest BCUT2D eigenvalue weighted by Crippen LogP contribution is 2.47. The number of Topliss-reactive ketones (excluding diaryl/α,β-unsaturated/α-hetero) is 1. The minimum absolute atomic E-state index is 0.131. The summed E-state index contributed by atoms with van der Waals surface area (Å²) in [6, 6.07) is 5.45. The maximum Gasteiger partial charge on any atom is 0.129 e. The lowest BCUT2D eigenvalue weighted by Crippen LogP contribution is -2.38. The maximum atomic E-state index is 11.3. The summed E-state index contributed by atoms with van der Waals surface area (Å²) in [5, 5.41) is 9.71. The Balaban J connectivity index is 0.000000970. The lowest BCUT2D eigenvalue weighted by atomic mass is 9.71. The van der Waals surface area contributed by atoms with Crippen LogP contribution >= 0.6 is 0 Å². The van der Waals surface area contributed by atoms with E-state index in [4.69, 9.17) is 4.74 Å². The number of carbonyl (C=O) groups is 1. The number of benzene rings is 1. The molecule has 1 aliphatic rings. The highest BCUT2D eigenvalue weighted by molar-refractivity contribution is 5.75. The number of fused-ring (bicyclic) bond motifs is 1. The molecule has 0 spiro atoms. The van der Waals surface area contributed by atoms with Crippen LogP contribution in [-0.4, -0.2) is 17.0 Å². The molecule has 4 atom stereocenters. The molecule has 0 fully saturated rings. The Morgan fingerprint density at radius 3 is 2.48 bits per heavy atom. The molecule has 2 rings (SSSR count). The summed E-state index contributed by atoms with van der Waals surface area (Å²) in [4.78, 5) is 11.3. The molecule has 1 N–H and O–H groups in total. The molecule has 25 heavy (non-hydrogen) atoms. The summed E-state index contributed by atoms with van der Waals surface area (Å²) in [6.45, 7) is 12.5. The van der Waals surface area contributed by atoms with Crippen molar-refractivity contribution in [3.63, 3.8) is 0 Å². The fraction of sp³-hybridized carbons (Fsp3) is 0.682. The second-order valence-electron chi connectivity index (χ2n) is 7.42. The van der Waals surface area contributed by atoms with Gasteiger partial charge >= 0.3 is 0 Å². The monoisotopic (exact) mass is 348 g/mol. The molecule has 1 heterocycles. The van der Waals surface area contributed by atoms with Crippen LogP contribution in [0.2, 0.25) is 0 Å². The van der Waals surface area contributed by atoms with Gasteiger partial charge in [-0.1, -0.05) is 46.6 Å². The van der Waals surface area contributed by atoms with E-state index in [1.807, 2.05) is 6.07 Å². The molecular formula is C22H36O3. The fourth-order valence-corrected chi connectivity index (χ4v) is 3.80. The predicted molar refractivity (Wildman–Crippen MR) is 104 cm³/mol. The maximum absolute atomic E-state index is 11.3. The third kappa shape index (κ3) is 6.05. The van der Waals surface area contributed by atoms with Gasteiger partial charge < -0.3 is 14.6 Å². The number of phenols is 1. The van der Waals surface area contributed by atoms with E-state index in [2.05, 4.69) is 34.6 Å². The minimum Gasteiger partial charge on any atom is -0.508 e. The Hall–Kier alpha value is -1.51. The van der Waals surface area contributed by atoms with Crippen molar-refractivity contribution in [2.45, 2.75) is 85.7 Å². The van der Waals surface area contributed by atoms with Gasteiger partial charge in [-0.15, -0.1) is 0 Å². The number of ether oxygens (including phenoxy) is 1. The van der Waals surface area contributed by atoms with Crippen LogP contribution in [0.25, 0.3) is 0 Å². The van der Waals surface area contributed by atoms with E-state index in [1.165, 1.54) is 12.0 Å². The number of aromatic hydroxyl groups is 1. The summed E-state index contributed by atoms with van der Waals surface area (Å²) in [5.41, 5.74) is 1.18. The first-order chi connectivity index (χ1) is 11.8. The topological polar surface area (TPSA) is 46.5 Å². The van der Waals surface area contributed by atoms with E-state index in [9.17, 15) is 9.90 Å². The molecule has 3 unspecified atom stereocenters. The van der Waals surface area contributed by atoms with Gasteiger partial charge in [0.05, 0.1) is 6.10 Å². The van der Waals surface area contributed by atoms with Gasteiger partial charge in [-0.2, -0.15) is 0 Å². The molecule has 0 saturated heterocycles. The molecule has 0 radical (unpaired) electrons. The third-order valence-corrected chi connectivity index (χ3v) is 5.06. The Morgan fingerprint density at radius 1 is 1.28 bits per heavy atom. The van der Waals surface area contributed by atoms with Crippen LogP contribution < -0.4 is 4.74 Å². The molecule has 1 aromatic carbocycles. The first-order valence-corrected chi connectivity index (χ1v) is 9.84. The second-order valence-corrected chi connectivity index (χ2v) is 7.42. The molecule has 0 bridgehead atoms. The van der Waals surface area contributed by atoms with Crippen molar-refractivity contribution in [2.24, 2.45) is 11.8 Å². The van der Waals surface area contributed by atoms with Gasteiger partial charge in [0.1, 0.15) is 17.3 Å². The number of hydrogen-bond acceptors (Lipinski definition) is 3. The van der Waals surface area contributed by atoms with Crippen molar-refractivity contribution >= 4 is 5.78 Å². The zero-order chi connectivity index (χ0) is 19.0. The normalized spacial score (nSPS) is 22.9. The van der Waals surface area contributed by atoms with E-state index in [-0.39, 0.29) is 17.6 Å². The molecule has 1 aliphatic heterocycles. The van der Waals surface area contributed by atoms with Crippen LogP contribution in [0.4, 0.5) is 0 Å². The molecular weight excluding hydrogens is 312 g/mol. The first kappa shape index (κ1) is 21.5. The largest absolute Gasteiger partial charge is 0.508 e. The Kier molecular flexibility index (Phi) is 9.02. The predicted octanol–water partition coefficient (Wildman–Crippen LogP) is 6.09. The molecule has 0 aromatic heterocycles. The highest BCUT2D eigenvalue weighted by atomic mass is 16.5. The number of hydrogen-bond donors (Lipinski definition) is 1. The molecule has 0 saturated carbocycles. The fourth-order valence-electron chi connectivity index (χ4n) is 3.80. The smallest absolute Gasteiger partial charge is 0.129 e. The van der Waals surface area contributed by atoms with Crippen molar-refractivity contribution < 1.29 is 14.6 Å². The second kappa shape index (κ2) is 10.5. The van der Waals surface area contributed by atoms with Gasteiger partial charge in [0, 0.05) is 18.4 Å². The summed E-state index contributed by atoms with van der Waals surface area (Å²) in [7, 11) is 0. The van der Waals surface area contributed by atoms with Gasteiger partial charge in [-0.3, -0.25) is 0 Å². The molecule has 0 amide bonds. The van der Waals surface area contributed by atoms with Gasteiger partial charge in [0.25, 0.3) is 0 Å². The van der Waals surface area contributed by atoms with E-state index in [0.29, 0.717) is 24.2 Å². The summed E-state index contributed by atoms with van der Waals surface area (Å²) < 4.78 is 6.08. The molecule has 3 nitrogen and oxygen atoms in total. The Bertz CT molecular complexity index is 538. The molecule has 0 aliphatic carbocycles. The molecule has 1 aromatic rings. The first-order valence-electron chi connectivity index (χ1n) is 9.84. The number of ketones is 1. The number of phenolic OH excluding ortho intramolecular Hbond substituents is 1. The summed E-state index contributed by atoms with van der Waals surface area (Å²) in [5.74, 6) is 2.73. The van der Waals surface area contributed by atoms with Crippen LogP contribution in [0.3, 0.4) is 0 Å². The number of rotatable bonds is 6. The van der Waals surface area contributed by atoms with E-state index >= 15 is 0 Å². The van der Waals surface area contributed by atoms with Crippen molar-refractivity contribution in [1.29, 1.82) is 0 Å². The SMILES string of the molecule is CCC.CCC(C)C1C(CCCC(C)=O)c2ccc(O)cc2O[C@@H]1C.